The molecule has 0 rings (SSSR count). The Labute approximate surface area is 65.1 Å². The third-order valence-electron chi connectivity index (χ3n) is 0.987. The van der Waals surface area contributed by atoms with E-state index in [4.69, 9.17) is 0 Å². The number of nitrogens with zero attached hydrogens (tertiary/aromatic N) is 1. The van der Waals surface area contributed by atoms with Crippen molar-refractivity contribution in [2.24, 2.45) is 0 Å². The van der Waals surface area contributed by atoms with Gasteiger partial charge in [-0.3, -0.25) is 4.79 Å². The third kappa shape index (κ3) is 3.40. The Kier molecular flexibility index (Phi) is 3.30. The fourth-order valence-corrected chi connectivity index (χ4v) is 0.546. The molecular formula is C7H10NO3-. The third-order valence-corrected chi connectivity index (χ3v) is 0.987. The van der Waals surface area contributed by atoms with E-state index in [1.54, 1.807) is 14.1 Å². The molecule has 0 unspecified atom stereocenters. The maximum Gasteiger partial charge on any atom is 0.163 e. The molecule has 0 amide bonds. The van der Waals surface area contributed by atoms with E-state index in [0.29, 0.717) is 0 Å². The fourth-order valence-electron chi connectivity index (χ4n) is 0.546. The zero-order chi connectivity index (χ0) is 9.02. The molecule has 0 spiro atoms. The predicted molar refractivity (Wildman–Crippen MR) is 37.5 cm³/mol. The molecule has 0 aliphatic carbocycles. The molecule has 0 aliphatic heterocycles. The zero-order valence-corrected chi connectivity index (χ0v) is 6.75. The van der Waals surface area contributed by atoms with Crippen molar-refractivity contribution in [2.75, 3.05) is 14.1 Å². The summed E-state index contributed by atoms with van der Waals surface area (Å²) >= 11 is 0. The Morgan fingerprint density at radius 1 is 1.36 bits per heavy atom. The van der Waals surface area contributed by atoms with E-state index in [0.717, 1.165) is 0 Å². The van der Waals surface area contributed by atoms with Crippen LogP contribution in [0.3, 0.4) is 0 Å². The summed E-state index contributed by atoms with van der Waals surface area (Å²) < 4.78 is 0. The van der Waals surface area contributed by atoms with Crippen LogP contribution < -0.4 is 5.11 Å². The average molecular weight is 156 g/mol. The fraction of sp³-hybridized carbons (Fsp3) is 0.429. The van der Waals surface area contributed by atoms with Gasteiger partial charge in [0, 0.05) is 20.3 Å². The van der Waals surface area contributed by atoms with Crippen molar-refractivity contribution < 1.29 is 14.7 Å². The number of aliphatic carboxylic acids is 1. The highest BCUT2D eigenvalue weighted by Gasteiger charge is 2.03. The second-order valence-electron chi connectivity index (χ2n) is 2.35. The number of carbonyl (C=O) groups excluding carboxylic acids is 2. The SMILES string of the molecule is CC(=O)C(=CN(C)C)C(=O)[O-]. The minimum absolute atomic E-state index is 0.310. The number of Topliss-reactive ketones (excluding diaryl/α,β-unsaturated/α-hetero) is 1. The van der Waals surface area contributed by atoms with Crippen LogP contribution >= 0.6 is 0 Å². The van der Waals surface area contributed by atoms with Gasteiger partial charge >= 0.3 is 0 Å². The van der Waals surface area contributed by atoms with Crippen LogP contribution in [0.5, 0.6) is 0 Å². The van der Waals surface area contributed by atoms with Crippen molar-refractivity contribution in [3.63, 3.8) is 0 Å². The van der Waals surface area contributed by atoms with Crippen LogP contribution in [0.15, 0.2) is 11.8 Å². The normalized spacial score (nSPS) is 11.0. The van der Waals surface area contributed by atoms with Crippen molar-refractivity contribution in [1.29, 1.82) is 0 Å². The summed E-state index contributed by atoms with van der Waals surface area (Å²) in [5.74, 6) is -1.94. The summed E-state index contributed by atoms with van der Waals surface area (Å²) in [7, 11) is 3.26. The number of hydrogen-bond donors (Lipinski definition) is 0. The minimum atomic E-state index is -1.44. The highest BCUT2D eigenvalue weighted by Crippen LogP contribution is 1.95. The molecule has 0 N–H and O–H groups in total. The van der Waals surface area contributed by atoms with Crippen molar-refractivity contribution >= 4 is 11.8 Å². The molecule has 0 aromatic rings. The molecule has 0 saturated carbocycles. The van der Waals surface area contributed by atoms with Crippen LogP contribution in [0, 0.1) is 0 Å². The molecule has 0 bridgehead atoms. The van der Waals surface area contributed by atoms with Gasteiger partial charge in [-0.25, -0.2) is 0 Å². The van der Waals surface area contributed by atoms with Crippen LogP contribution in [0.25, 0.3) is 0 Å². The molecule has 0 aromatic heterocycles. The Bertz CT molecular complexity index is 190. The number of ketones is 1. The molecule has 0 aliphatic rings. The lowest BCUT2D eigenvalue weighted by Crippen LogP contribution is -2.29. The maximum absolute atomic E-state index is 10.6. The van der Waals surface area contributed by atoms with E-state index in [-0.39, 0.29) is 5.57 Å². The van der Waals surface area contributed by atoms with E-state index in [2.05, 4.69) is 0 Å². The molecule has 0 radical (unpaired) electrons. The topological polar surface area (TPSA) is 60.4 Å². The van der Waals surface area contributed by atoms with Crippen molar-refractivity contribution in [1.82, 2.24) is 4.90 Å². The zero-order valence-electron chi connectivity index (χ0n) is 6.75. The lowest BCUT2D eigenvalue weighted by molar-refractivity contribution is -0.298. The van der Waals surface area contributed by atoms with Gasteiger partial charge < -0.3 is 14.8 Å². The van der Waals surface area contributed by atoms with Gasteiger partial charge in [0.2, 0.25) is 0 Å². The molecule has 0 heterocycles. The lowest BCUT2D eigenvalue weighted by atomic mass is 10.2. The van der Waals surface area contributed by atoms with Gasteiger partial charge in [-0.15, -0.1) is 0 Å². The van der Waals surface area contributed by atoms with Crippen LogP contribution in [-0.4, -0.2) is 30.7 Å². The number of hydrogen-bond acceptors (Lipinski definition) is 4. The monoisotopic (exact) mass is 156 g/mol. The number of rotatable bonds is 3. The van der Waals surface area contributed by atoms with Crippen molar-refractivity contribution in [2.45, 2.75) is 6.92 Å². The average Bonchev–Trinajstić information content (AvgIpc) is 1.81. The summed E-state index contributed by atoms with van der Waals surface area (Å²) in [6, 6.07) is 0. The van der Waals surface area contributed by atoms with Crippen LogP contribution in [0.1, 0.15) is 6.92 Å². The van der Waals surface area contributed by atoms with Crippen LogP contribution in [0.2, 0.25) is 0 Å². The first-order valence-corrected chi connectivity index (χ1v) is 3.05. The minimum Gasteiger partial charge on any atom is -0.545 e. The second kappa shape index (κ2) is 3.75. The molecule has 0 saturated heterocycles. The highest BCUT2D eigenvalue weighted by atomic mass is 16.4. The van der Waals surface area contributed by atoms with Gasteiger partial charge in [-0.2, -0.15) is 0 Å². The smallest absolute Gasteiger partial charge is 0.163 e. The molecule has 4 nitrogen and oxygen atoms in total. The van der Waals surface area contributed by atoms with E-state index in [1.165, 1.54) is 18.0 Å². The quantitative estimate of drug-likeness (QED) is 0.291. The van der Waals surface area contributed by atoms with E-state index in [9.17, 15) is 14.7 Å². The standard InChI is InChI=1S/C7H11NO3/c1-5(9)6(7(10)11)4-8(2)3/h4H,1-3H3,(H,10,11)/p-1. The predicted octanol–water partition coefficient (Wildman–Crippen LogP) is -1.23. The van der Waals surface area contributed by atoms with Gasteiger partial charge in [0.15, 0.2) is 5.78 Å². The Morgan fingerprint density at radius 3 is 1.91 bits per heavy atom. The van der Waals surface area contributed by atoms with Gasteiger partial charge in [-0.1, -0.05) is 0 Å². The summed E-state index contributed by atoms with van der Waals surface area (Å²) in [4.78, 5) is 22.3. The molecule has 11 heavy (non-hydrogen) atoms. The summed E-state index contributed by atoms with van der Waals surface area (Å²) in [5, 5.41) is 10.2. The summed E-state index contributed by atoms with van der Waals surface area (Å²) in [5.41, 5.74) is -0.310. The molecule has 0 atom stereocenters. The summed E-state index contributed by atoms with van der Waals surface area (Å²) in [6.45, 7) is 1.19. The molecule has 0 aromatic carbocycles. The Morgan fingerprint density at radius 2 is 1.82 bits per heavy atom. The Hall–Kier alpha value is -1.32. The van der Waals surface area contributed by atoms with Crippen molar-refractivity contribution in [3.8, 4) is 0 Å². The summed E-state index contributed by atoms with van der Waals surface area (Å²) in [6.07, 6.45) is 1.22. The second-order valence-corrected chi connectivity index (χ2v) is 2.35. The number of carbonyl (C=O) groups is 2. The molecule has 62 valence electrons. The van der Waals surface area contributed by atoms with Crippen molar-refractivity contribution in [3.05, 3.63) is 11.8 Å². The molecule has 4 heteroatoms. The lowest BCUT2D eigenvalue weighted by Gasteiger charge is -2.09. The highest BCUT2D eigenvalue weighted by molar-refractivity contribution is 6.14. The number of carboxylic acid groups (broad SMARTS) is 1. The first-order chi connectivity index (χ1) is 4.95. The van der Waals surface area contributed by atoms with Gasteiger partial charge in [0.25, 0.3) is 0 Å². The van der Waals surface area contributed by atoms with Gasteiger partial charge in [0.1, 0.15) is 0 Å². The number of carboxylic acids is 1. The van der Waals surface area contributed by atoms with Gasteiger partial charge in [-0.05, 0) is 6.92 Å². The maximum atomic E-state index is 10.6. The van der Waals surface area contributed by atoms with E-state index in [1.807, 2.05) is 0 Å². The first kappa shape index (κ1) is 9.68. The Balaban J connectivity index is 4.60. The largest absolute Gasteiger partial charge is 0.545 e. The first-order valence-electron chi connectivity index (χ1n) is 3.05. The van der Waals surface area contributed by atoms with Gasteiger partial charge in [0.05, 0.1) is 11.5 Å². The molecule has 0 fully saturated rings. The van der Waals surface area contributed by atoms with E-state index < -0.39 is 11.8 Å². The molecular weight excluding hydrogens is 146 g/mol. The van der Waals surface area contributed by atoms with Crippen LogP contribution in [-0.2, 0) is 9.59 Å². The van der Waals surface area contributed by atoms with E-state index >= 15 is 0 Å². The van der Waals surface area contributed by atoms with Crippen LogP contribution in [0.4, 0.5) is 0 Å².